The second kappa shape index (κ2) is 9.91. The first-order chi connectivity index (χ1) is 15.3. The van der Waals surface area contributed by atoms with E-state index < -0.39 is 10.0 Å². The fourth-order valence-electron chi connectivity index (χ4n) is 3.93. The minimum absolute atomic E-state index is 0.113. The maximum atomic E-state index is 12.7. The Morgan fingerprint density at radius 2 is 1.91 bits per heavy atom. The first kappa shape index (κ1) is 23.2. The van der Waals surface area contributed by atoms with Gasteiger partial charge in [-0.3, -0.25) is 4.79 Å². The number of benzene rings is 2. The zero-order valence-corrected chi connectivity index (χ0v) is 19.8. The fraction of sp³-hybridized carbons (Fsp3) is 0.458. The first-order valence-corrected chi connectivity index (χ1v) is 13.0. The third-order valence-corrected chi connectivity index (χ3v) is 7.95. The van der Waals surface area contributed by atoms with E-state index in [-0.39, 0.29) is 22.6 Å². The molecule has 6 nitrogen and oxygen atoms in total. The van der Waals surface area contributed by atoms with Crippen molar-refractivity contribution in [3.8, 4) is 5.75 Å². The van der Waals surface area contributed by atoms with Crippen molar-refractivity contribution in [2.24, 2.45) is 5.92 Å². The normalized spacial score (nSPS) is 19.2. The van der Waals surface area contributed by atoms with Gasteiger partial charge in [-0.2, -0.15) is 0 Å². The Balaban J connectivity index is 1.18. The molecule has 4 rings (SSSR count). The number of carbonyl (C=O) groups excluding carboxylic acids is 1. The largest absolute Gasteiger partial charge is 0.494 e. The molecule has 1 saturated heterocycles. The summed E-state index contributed by atoms with van der Waals surface area (Å²) in [5.41, 5.74) is 1.61. The lowest BCUT2D eigenvalue weighted by atomic mass is 10.1. The number of hydrogen-bond acceptors (Lipinski definition) is 5. The highest BCUT2D eigenvalue weighted by molar-refractivity contribution is 7.89. The van der Waals surface area contributed by atoms with E-state index in [2.05, 4.69) is 9.62 Å². The molecule has 1 atom stereocenters. The van der Waals surface area contributed by atoms with Crippen LogP contribution in [-0.2, 0) is 10.0 Å². The monoisotopic (exact) mass is 476 g/mol. The molecule has 0 unspecified atom stereocenters. The van der Waals surface area contributed by atoms with Crippen LogP contribution in [0.15, 0.2) is 47.4 Å². The number of rotatable bonds is 10. The highest BCUT2D eigenvalue weighted by Crippen LogP contribution is 2.32. The van der Waals surface area contributed by atoms with Crippen molar-refractivity contribution in [3.63, 3.8) is 0 Å². The van der Waals surface area contributed by atoms with E-state index in [9.17, 15) is 13.2 Å². The minimum atomic E-state index is -3.59. The molecule has 172 valence electrons. The molecule has 1 N–H and O–H groups in total. The van der Waals surface area contributed by atoms with Gasteiger partial charge in [0.15, 0.2) is 5.78 Å². The maximum Gasteiger partial charge on any atom is 0.240 e. The number of Topliss-reactive ketones (excluding diaryl/α,β-unsaturated/α-hetero) is 1. The van der Waals surface area contributed by atoms with Gasteiger partial charge in [0, 0.05) is 35.6 Å². The van der Waals surface area contributed by atoms with E-state index in [1.807, 2.05) is 31.2 Å². The van der Waals surface area contributed by atoms with Crippen LogP contribution in [0.4, 0.5) is 0 Å². The summed E-state index contributed by atoms with van der Waals surface area (Å²) in [4.78, 5) is 14.5. The molecule has 2 fully saturated rings. The number of hydrogen-bond donors (Lipinski definition) is 1. The Labute approximate surface area is 195 Å². The number of nitrogens with one attached hydrogen (secondary N) is 1. The Morgan fingerprint density at radius 3 is 2.59 bits per heavy atom. The molecule has 1 aliphatic carbocycles. The average Bonchev–Trinajstić information content (AvgIpc) is 3.53. The van der Waals surface area contributed by atoms with E-state index >= 15 is 0 Å². The standard InChI is InChI=1S/C24H29ClN2O4S/c1-17-3-10-22(15-23(17)25)32(29,30)26-20-11-13-27(16-20)12-2-14-31-21-8-6-19(7-9-21)24(28)18-4-5-18/h3,6-10,15,18,20,26H,2,4-5,11-14,16H2,1H3/t20-/m1/s1. The SMILES string of the molecule is Cc1ccc(S(=O)(=O)N[C@@H]2CCN(CCCOc3ccc(C(=O)C4CC4)cc3)C2)cc1Cl. The highest BCUT2D eigenvalue weighted by Gasteiger charge is 2.30. The molecule has 0 amide bonds. The van der Waals surface area contributed by atoms with Crippen LogP contribution in [0.1, 0.15) is 41.6 Å². The molecular formula is C24H29ClN2O4S. The summed E-state index contributed by atoms with van der Waals surface area (Å²) in [6, 6.07) is 12.1. The van der Waals surface area contributed by atoms with E-state index in [4.69, 9.17) is 16.3 Å². The maximum absolute atomic E-state index is 12.7. The number of nitrogens with zero attached hydrogens (tertiary/aromatic N) is 1. The molecule has 0 radical (unpaired) electrons. The van der Waals surface area contributed by atoms with Crippen molar-refractivity contribution < 1.29 is 17.9 Å². The van der Waals surface area contributed by atoms with Gasteiger partial charge in [0.25, 0.3) is 0 Å². The fourth-order valence-corrected chi connectivity index (χ4v) is 5.47. The zero-order valence-electron chi connectivity index (χ0n) is 18.2. The van der Waals surface area contributed by atoms with Gasteiger partial charge in [0.2, 0.25) is 10.0 Å². The van der Waals surface area contributed by atoms with Gasteiger partial charge in [-0.25, -0.2) is 13.1 Å². The van der Waals surface area contributed by atoms with Crippen LogP contribution in [-0.4, -0.2) is 51.4 Å². The van der Waals surface area contributed by atoms with Crippen molar-refractivity contribution in [1.82, 2.24) is 9.62 Å². The zero-order chi connectivity index (χ0) is 22.7. The Morgan fingerprint density at radius 1 is 1.16 bits per heavy atom. The molecule has 2 aliphatic rings. The van der Waals surface area contributed by atoms with Crippen LogP contribution in [0.5, 0.6) is 5.75 Å². The predicted octanol–water partition coefficient (Wildman–Crippen LogP) is 4.06. The molecule has 0 bridgehead atoms. The van der Waals surface area contributed by atoms with Crippen LogP contribution < -0.4 is 9.46 Å². The molecule has 0 spiro atoms. The van der Waals surface area contributed by atoms with Crippen LogP contribution in [0.2, 0.25) is 5.02 Å². The van der Waals surface area contributed by atoms with Crippen LogP contribution in [0, 0.1) is 12.8 Å². The molecule has 2 aromatic rings. The van der Waals surface area contributed by atoms with Gasteiger partial charge < -0.3 is 9.64 Å². The van der Waals surface area contributed by atoms with Gasteiger partial charge in [0.1, 0.15) is 5.75 Å². The number of ether oxygens (including phenoxy) is 1. The van der Waals surface area contributed by atoms with Crippen LogP contribution in [0.25, 0.3) is 0 Å². The summed E-state index contributed by atoms with van der Waals surface area (Å²) in [6.07, 6.45) is 3.64. The summed E-state index contributed by atoms with van der Waals surface area (Å²) >= 11 is 6.08. The lowest BCUT2D eigenvalue weighted by molar-refractivity contribution is 0.0967. The topological polar surface area (TPSA) is 75.7 Å². The molecule has 0 aromatic heterocycles. The molecule has 8 heteroatoms. The Bertz CT molecular complexity index is 1070. The van der Waals surface area contributed by atoms with Crippen LogP contribution in [0.3, 0.4) is 0 Å². The van der Waals surface area contributed by atoms with E-state index in [1.165, 1.54) is 6.07 Å². The number of ketones is 1. The summed E-state index contributed by atoms with van der Waals surface area (Å²) in [5, 5.41) is 0.449. The lowest BCUT2D eigenvalue weighted by Crippen LogP contribution is -2.37. The first-order valence-electron chi connectivity index (χ1n) is 11.1. The third-order valence-electron chi connectivity index (χ3n) is 6.02. The van der Waals surface area contributed by atoms with Crippen molar-refractivity contribution in [2.75, 3.05) is 26.2 Å². The quantitative estimate of drug-likeness (QED) is 0.413. The van der Waals surface area contributed by atoms with Crippen molar-refractivity contribution in [2.45, 2.75) is 43.5 Å². The molecule has 1 saturated carbocycles. The van der Waals surface area contributed by atoms with Gasteiger partial charge in [-0.05, 0) is 81.1 Å². The third kappa shape index (κ3) is 5.90. The second-order valence-corrected chi connectivity index (χ2v) is 10.8. The minimum Gasteiger partial charge on any atom is -0.494 e. The van der Waals surface area contributed by atoms with Crippen molar-refractivity contribution >= 4 is 27.4 Å². The number of carbonyl (C=O) groups is 1. The number of halogens is 1. The summed E-state index contributed by atoms with van der Waals surface area (Å²) in [6.45, 7) is 4.78. The number of likely N-dealkylation sites (tertiary alicyclic amines) is 1. The molecular weight excluding hydrogens is 448 g/mol. The average molecular weight is 477 g/mol. The van der Waals surface area contributed by atoms with E-state index in [0.717, 1.165) is 55.6 Å². The van der Waals surface area contributed by atoms with Crippen molar-refractivity contribution in [3.05, 3.63) is 58.6 Å². The van der Waals surface area contributed by atoms with Gasteiger partial charge in [-0.15, -0.1) is 0 Å². The Hall–Kier alpha value is -1.93. The summed E-state index contributed by atoms with van der Waals surface area (Å²) in [7, 11) is -3.59. The predicted molar refractivity (Wildman–Crippen MR) is 125 cm³/mol. The molecule has 1 heterocycles. The second-order valence-electron chi connectivity index (χ2n) is 8.68. The Kier molecular flexibility index (Phi) is 7.20. The van der Waals surface area contributed by atoms with Gasteiger partial charge in [-0.1, -0.05) is 17.7 Å². The van der Waals surface area contributed by atoms with E-state index in [0.29, 0.717) is 18.2 Å². The van der Waals surface area contributed by atoms with Crippen LogP contribution >= 0.6 is 11.6 Å². The summed E-state index contributed by atoms with van der Waals surface area (Å²) in [5.74, 6) is 1.23. The molecule has 2 aromatic carbocycles. The number of sulfonamides is 1. The number of aryl methyl sites for hydroxylation is 1. The summed E-state index contributed by atoms with van der Waals surface area (Å²) < 4.78 is 33.9. The molecule has 1 aliphatic heterocycles. The highest BCUT2D eigenvalue weighted by atomic mass is 35.5. The lowest BCUT2D eigenvalue weighted by Gasteiger charge is -2.17. The van der Waals surface area contributed by atoms with Crippen molar-refractivity contribution in [1.29, 1.82) is 0 Å². The van der Waals surface area contributed by atoms with E-state index in [1.54, 1.807) is 12.1 Å². The smallest absolute Gasteiger partial charge is 0.240 e. The molecule has 32 heavy (non-hydrogen) atoms. The van der Waals surface area contributed by atoms with Gasteiger partial charge in [0.05, 0.1) is 11.5 Å². The van der Waals surface area contributed by atoms with Gasteiger partial charge >= 0.3 is 0 Å².